The fraction of sp³-hybridized carbons (Fsp3) is 0.571. The number of nitrogens with one attached hydrogen (secondary N) is 1. The molecule has 0 bridgehead atoms. The first-order valence-electron chi connectivity index (χ1n) is 6.85. The van der Waals surface area contributed by atoms with Crippen molar-refractivity contribution >= 4 is 5.65 Å². The molecule has 1 aliphatic carbocycles. The normalized spacial score (nSPS) is 24.5. The summed E-state index contributed by atoms with van der Waals surface area (Å²) in [7, 11) is 0. The minimum Gasteiger partial charge on any atom is -0.307 e. The molecule has 2 heterocycles. The zero-order valence-electron chi connectivity index (χ0n) is 10.8. The molecule has 1 N–H and O–H groups in total. The van der Waals surface area contributed by atoms with Crippen molar-refractivity contribution < 1.29 is 0 Å². The first-order chi connectivity index (χ1) is 8.83. The first-order valence-corrected chi connectivity index (χ1v) is 6.85. The van der Waals surface area contributed by atoms with Crippen molar-refractivity contribution in [3.63, 3.8) is 0 Å². The topological polar surface area (TPSA) is 42.2 Å². The molecule has 0 aromatic carbocycles. The molecular weight excluding hydrogens is 224 g/mol. The van der Waals surface area contributed by atoms with Gasteiger partial charge in [-0.25, -0.2) is 0 Å². The molecule has 4 nitrogen and oxygen atoms in total. The van der Waals surface area contributed by atoms with Gasteiger partial charge in [-0.15, -0.1) is 10.2 Å². The van der Waals surface area contributed by atoms with Crippen molar-refractivity contribution in [2.75, 3.05) is 0 Å². The van der Waals surface area contributed by atoms with Gasteiger partial charge in [-0.3, -0.25) is 4.40 Å². The van der Waals surface area contributed by atoms with Gasteiger partial charge >= 0.3 is 0 Å². The monoisotopic (exact) mass is 244 g/mol. The Morgan fingerprint density at radius 1 is 1.33 bits per heavy atom. The lowest BCUT2D eigenvalue weighted by Gasteiger charge is -2.27. The summed E-state index contributed by atoms with van der Waals surface area (Å²) in [5, 5.41) is 12.0. The van der Waals surface area contributed by atoms with E-state index < -0.39 is 0 Å². The minimum absolute atomic E-state index is 0.643. The third kappa shape index (κ3) is 2.38. The highest BCUT2D eigenvalue weighted by Crippen LogP contribution is 2.23. The standard InChI is InChI=1S/C14H20N4/c1-11-5-4-6-12(9-11)15-10-14-17-16-13-7-2-3-8-18(13)14/h2-3,7-8,11-12,15H,4-6,9-10H2,1H3. The summed E-state index contributed by atoms with van der Waals surface area (Å²) in [5.74, 6) is 1.86. The molecule has 1 fully saturated rings. The second-order valence-electron chi connectivity index (χ2n) is 5.39. The van der Waals surface area contributed by atoms with Gasteiger partial charge in [0.1, 0.15) is 0 Å². The average molecular weight is 244 g/mol. The second kappa shape index (κ2) is 5.06. The molecule has 2 aromatic rings. The molecule has 96 valence electrons. The zero-order chi connectivity index (χ0) is 12.4. The first kappa shape index (κ1) is 11.7. The van der Waals surface area contributed by atoms with Gasteiger partial charge in [0, 0.05) is 12.2 Å². The van der Waals surface area contributed by atoms with Gasteiger partial charge in [0.15, 0.2) is 11.5 Å². The van der Waals surface area contributed by atoms with Gasteiger partial charge in [0.05, 0.1) is 6.54 Å². The summed E-state index contributed by atoms with van der Waals surface area (Å²) in [6.45, 7) is 3.16. The fourth-order valence-corrected chi connectivity index (χ4v) is 2.87. The molecule has 4 heteroatoms. The second-order valence-corrected chi connectivity index (χ2v) is 5.39. The van der Waals surface area contributed by atoms with Crippen molar-refractivity contribution in [3.05, 3.63) is 30.2 Å². The van der Waals surface area contributed by atoms with Gasteiger partial charge < -0.3 is 5.32 Å². The van der Waals surface area contributed by atoms with Crippen molar-refractivity contribution in [1.82, 2.24) is 19.9 Å². The number of aromatic nitrogens is 3. The van der Waals surface area contributed by atoms with Crippen LogP contribution < -0.4 is 5.32 Å². The molecule has 1 aliphatic rings. The summed E-state index contributed by atoms with van der Waals surface area (Å²) in [4.78, 5) is 0. The average Bonchev–Trinajstić information content (AvgIpc) is 2.80. The van der Waals surface area contributed by atoms with E-state index in [9.17, 15) is 0 Å². The zero-order valence-corrected chi connectivity index (χ0v) is 10.8. The van der Waals surface area contributed by atoms with Crippen molar-refractivity contribution in [1.29, 1.82) is 0 Å². The van der Waals surface area contributed by atoms with Crippen LogP contribution in [0.15, 0.2) is 24.4 Å². The number of hydrogen-bond acceptors (Lipinski definition) is 3. The van der Waals surface area contributed by atoms with E-state index >= 15 is 0 Å². The van der Waals surface area contributed by atoms with Crippen LogP contribution in [0.1, 0.15) is 38.4 Å². The van der Waals surface area contributed by atoms with Crippen LogP contribution in [0.5, 0.6) is 0 Å². The Balaban J connectivity index is 1.66. The summed E-state index contributed by atoms with van der Waals surface area (Å²) < 4.78 is 2.05. The highest BCUT2D eigenvalue weighted by Gasteiger charge is 2.18. The summed E-state index contributed by atoms with van der Waals surface area (Å²) in [6.07, 6.45) is 7.33. The lowest BCUT2D eigenvalue weighted by atomic mass is 9.87. The van der Waals surface area contributed by atoms with Crippen LogP contribution >= 0.6 is 0 Å². The molecule has 2 unspecified atom stereocenters. The van der Waals surface area contributed by atoms with E-state index in [1.807, 2.05) is 24.4 Å². The molecule has 0 saturated heterocycles. The Morgan fingerprint density at radius 2 is 2.28 bits per heavy atom. The maximum absolute atomic E-state index is 4.25. The minimum atomic E-state index is 0.643. The predicted molar refractivity (Wildman–Crippen MR) is 71.2 cm³/mol. The van der Waals surface area contributed by atoms with Crippen LogP contribution in [0.2, 0.25) is 0 Å². The number of pyridine rings is 1. The van der Waals surface area contributed by atoms with E-state index in [1.54, 1.807) is 0 Å². The van der Waals surface area contributed by atoms with Crippen molar-refractivity contribution in [2.45, 2.75) is 45.2 Å². The third-order valence-corrected chi connectivity index (χ3v) is 3.87. The SMILES string of the molecule is CC1CCCC(NCc2nnc3ccccn23)C1. The van der Waals surface area contributed by atoms with Crippen molar-refractivity contribution in [2.24, 2.45) is 5.92 Å². The highest BCUT2D eigenvalue weighted by molar-refractivity contribution is 5.36. The summed E-state index contributed by atoms with van der Waals surface area (Å²) in [5.41, 5.74) is 0.923. The predicted octanol–water partition coefficient (Wildman–Crippen LogP) is 2.40. The van der Waals surface area contributed by atoms with Gasteiger partial charge in [-0.05, 0) is 30.9 Å². The quantitative estimate of drug-likeness (QED) is 0.901. The molecule has 0 amide bonds. The van der Waals surface area contributed by atoms with E-state index in [1.165, 1.54) is 25.7 Å². The Morgan fingerprint density at radius 3 is 3.17 bits per heavy atom. The van der Waals surface area contributed by atoms with Crippen LogP contribution in [0.4, 0.5) is 0 Å². The Labute approximate surface area is 107 Å². The molecule has 2 aromatic heterocycles. The summed E-state index contributed by atoms with van der Waals surface area (Å²) in [6, 6.07) is 6.64. The maximum Gasteiger partial charge on any atom is 0.160 e. The molecule has 2 atom stereocenters. The molecular formula is C14H20N4. The Hall–Kier alpha value is -1.42. The van der Waals surface area contributed by atoms with Gasteiger partial charge in [-0.2, -0.15) is 0 Å². The third-order valence-electron chi connectivity index (χ3n) is 3.87. The summed E-state index contributed by atoms with van der Waals surface area (Å²) >= 11 is 0. The van der Waals surface area contributed by atoms with Crippen LogP contribution in [0.25, 0.3) is 5.65 Å². The largest absolute Gasteiger partial charge is 0.307 e. The molecule has 0 spiro atoms. The van der Waals surface area contributed by atoms with Crippen LogP contribution in [-0.2, 0) is 6.54 Å². The van der Waals surface area contributed by atoms with Crippen LogP contribution in [-0.4, -0.2) is 20.6 Å². The number of fused-ring (bicyclic) bond motifs is 1. The number of nitrogens with zero attached hydrogens (tertiary/aromatic N) is 3. The van der Waals surface area contributed by atoms with E-state index in [2.05, 4.69) is 26.8 Å². The molecule has 0 aliphatic heterocycles. The molecule has 0 radical (unpaired) electrons. The van der Waals surface area contributed by atoms with Gasteiger partial charge in [0.25, 0.3) is 0 Å². The van der Waals surface area contributed by atoms with Gasteiger partial charge in [0.2, 0.25) is 0 Å². The highest BCUT2D eigenvalue weighted by atomic mass is 15.3. The fourth-order valence-electron chi connectivity index (χ4n) is 2.87. The van der Waals surface area contributed by atoms with E-state index in [4.69, 9.17) is 0 Å². The Kier molecular flexibility index (Phi) is 3.28. The van der Waals surface area contributed by atoms with Crippen LogP contribution in [0, 0.1) is 5.92 Å². The van der Waals surface area contributed by atoms with E-state index in [0.717, 1.165) is 23.9 Å². The smallest absolute Gasteiger partial charge is 0.160 e. The number of rotatable bonds is 3. The van der Waals surface area contributed by atoms with Gasteiger partial charge in [-0.1, -0.05) is 25.8 Å². The van der Waals surface area contributed by atoms with Crippen molar-refractivity contribution in [3.8, 4) is 0 Å². The molecule has 1 saturated carbocycles. The maximum atomic E-state index is 4.25. The molecule has 3 rings (SSSR count). The van der Waals surface area contributed by atoms with E-state index in [0.29, 0.717) is 6.04 Å². The van der Waals surface area contributed by atoms with Crippen LogP contribution in [0.3, 0.4) is 0 Å². The number of hydrogen-bond donors (Lipinski definition) is 1. The molecule has 18 heavy (non-hydrogen) atoms. The lowest BCUT2D eigenvalue weighted by Crippen LogP contribution is -2.33. The lowest BCUT2D eigenvalue weighted by molar-refractivity contribution is 0.298. The Bertz CT molecular complexity index is 519. The van der Waals surface area contributed by atoms with E-state index in [-0.39, 0.29) is 0 Å².